The normalized spacial score (nSPS) is 19.8. The summed E-state index contributed by atoms with van der Waals surface area (Å²) in [6.45, 7) is 1.98. The van der Waals surface area contributed by atoms with E-state index in [1.54, 1.807) is 6.07 Å². The Bertz CT molecular complexity index is 419. The summed E-state index contributed by atoms with van der Waals surface area (Å²) in [5, 5.41) is 8.90. The molecule has 1 fully saturated rings. The Hall–Kier alpha value is -1.37. The lowest BCUT2D eigenvalue weighted by molar-refractivity contribution is 0.0921. The van der Waals surface area contributed by atoms with Gasteiger partial charge in [0.2, 0.25) is 0 Å². The Balaban J connectivity index is 1.92. The van der Waals surface area contributed by atoms with Crippen LogP contribution in [0.2, 0.25) is 0 Å². The molecule has 0 bridgehead atoms. The van der Waals surface area contributed by atoms with Crippen LogP contribution >= 0.6 is 0 Å². The Labute approximate surface area is 112 Å². The quantitative estimate of drug-likeness (QED) is 0.399. The summed E-state index contributed by atoms with van der Waals surface area (Å²) < 4.78 is 5.47. The van der Waals surface area contributed by atoms with Crippen LogP contribution in [0.1, 0.15) is 42.0 Å². The molecule has 0 spiro atoms. The van der Waals surface area contributed by atoms with Gasteiger partial charge in [-0.05, 0) is 44.4 Å². The average Bonchev–Trinajstić information content (AvgIpc) is 3.05. The largest absolute Gasteiger partial charge is 0.455 e. The molecule has 1 amide bonds. The van der Waals surface area contributed by atoms with Gasteiger partial charge in [0.25, 0.3) is 0 Å². The number of aliphatic hydroxyl groups excluding tert-OH is 1. The first-order chi connectivity index (χ1) is 9.24. The van der Waals surface area contributed by atoms with E-state index in [0.717, 1.165) is 31.6 Å². The van der Waals surface area contributed by atoms with E-state index < -0.39 is 5.91 Å². The molecule has 6 nitrogen and oxygen atoms in total. The highest BCUT2D eigenvalue weighted by atomic mass is 16.4. The van der Waals surface area contributed by atoms with Crippen LogP contribution in [-0.4, -0.2) is 35.1 Å². The molecule has 0 saturated carbocycles. The molecule has 2 heterocycles. The topological polar surface area (TPSA) is 91.7 Å². The van der Waals surface area contributed by atoms with Crippen LogP contribution in [0.25, 0.3) is 0 Å². The van der Waals surface area contributed by atoms with Crippen molar-refractivity contribution in [2.75, 3.05) is 13.2 Å². The molecule has 1 unspecified atom stereocenters. The van der Waals surface area contributed by atoms with E-state index in [-0.39, 0.29) is 12.4 Å². The number of nitrogens with one attached hydrogen (secondary N) is 1. The minimum absolute atomic E-state index is 0.239. The number of hydrogen-bond donors (Lipinski definition) is 3. The molecule has 1 aliphatic rings. The van der Waals surface area contributed by atoms with E-state index in [9.17, 15) is 4.79 Å². The first kappa shape index (κ1) is 14.0. The lowest BCUT2D eigenvalue weighted by atomic mass is 10.1. The van der Waals surface area contributed by atoms with Crippen molar-refractivity contribution in [3.05, 3.63) is 23.7 Å². The summed E-state index contributed by atoms with van der Waals surface area (Å²) in [5.74, 6) is 5.66. The van der Waals surface area contributed by atoms with Crippen molar-refractivity contribution in [2.24, 2.45) is 5.84 Å². The molecule has 1 aromatic heterocycles. The molecule has 4 N–H and O–H groups in total. The number of carbonyl (C=O) groups excluding carboxylic acids is 1. The fourth-order valence-electron chi connectivity index (χ4n) is 2.61. The van der Waals surface area contributed by atoms with E-state index in [4.69, 9.17) is 15.4 Å². The SMILES string of the molecule is NNC(=O)c1ccc(CN2CCCC2CCCO)o1. The van der Waals surface area contributed by atoms with Gasteiger partial charge in [0.15, 0.2) is 5.76 Å². The monoisotopic (exact) mass is 267 g/mol. The molecule has 1 atom stereocenters. The highest BCUT2D eigenvalue weighted by molar-refractivity contribution is 5.90. The highest BCUT2D eigenvalue weighted by Crippen LogP contribution is 2.24. The van der Waals surface area contributed by atoms with E-state index in [2.05, 4.69) is 10.3 Å². The van der Waals surface area contributed by atoms with E-state index >= 15 is 0 Å². The number of likely N-dealkylation sites (tertiary alicyclic amines) is 1. The number of aliphatic hydroxyl groups is 1. The third kappa shape index (κ3) is 3.56. The first-order valence-electron chi connectivity index (χ1n) is 6.69. The number of carbonyl (C=O) groups is 1. The van der Waals surface area contributed by atoms with Crippen LogP contribution in [0.4, 0.5) is 0 Å². The number of amides is 1. The van der Waals surface area contributed by atoms with E-state index in [1.807, 2.05) is 6.07 Å². The highest BCUT2D eigenvalue weighted by Gasteiger charge is 2.25. The Kier molecular flexibility index (Phi) is 4.95. The molecule has 1 aliphatic heterocycles. The zero-order valence-electron chi connectivity index (χ0n) is 11.0. The molecule has 1 saturated heterocycles. The summed E-state index contributed by atoms with van der Waals surface area (Å²) in [6, 6.07) is 3.95. The molecule has 0 aromatic carbocycles. The van der Waals surface area contributed by atoms with E-state index in [1.165, 1.54) is 6.42 Å². The van der Waals surface area contributed by atoms with Gasteiger partial charge in [-0.15, -0.1) is 0 Å². The minimum atomic E-state index is -0.412. The van der Waals surface area contributed by atoms with Gasteiger partial charge in [0.05, 0.1) is 6.54 Å². The zero-order valence-corrected chi connectivity index (χ0v) is 11.0. The second-order valence-corrected chi connectivity index (χ2v) is 4.87. The standard InChI is InChI=1S/C13H21N3O3/c14-15-13(18)12-6-5-11(19-12)9-16-7-1-3-10(16)4-2-8-17/h5-6,10,17H,1-4,7-9,14H2,(H,15,18). The Morgan fingerprint density at radius 2 is 2.42 bits per heavy atom. The van der Waals surface area contributed by atoms with Crippen molar-refractivity contribution >= 4 is 5.91 Å². The van der Waals surface area contributed by atoms with Gasteiger partial charge in [-0.1, -0.05) is 0 Å². The van der Waals surface area contributed by atoms with Crippen LogP contribution in [0.15, 0.2) is 16.5 Å². The summed E-state index contributed by atoms with van der Waals surface area (Å²) >= 11 is 0. The zero-order chi connectivity index (χ0) is 13.7. The van der Waals surface area contributed by atoms with Crippen LogP contribution in [0, 0.1) is 0 Å². The smallest absolute Gasteiger partial charge is 0.300 e. The number of nitrogens with two attached hydrogens (primary N) is 1. The summed E-state index contributed by atoms with van der Waals surface area (Å²) in [4.78, 5) is 13.6. The summed E-state index contributed by atoms with van der Waals surface area (Å²) in [6.07, 6.45) is 4.18. The van der Waals surface area contributed by atoms with Crippen molar-refractivity contribution in [3.63, 3.8) is 0 Å². The van der Waals surface area contributed by atoms with Crippen LogP contribution < -0.4 is 11.3 Å². The van der Waals surface area contributed by atoms with Gasteiger partial charge < -0.3 is 9.52 Å². The van der Waals surface area contributed by atoms with Crippen molar-refractivity contribution in [1.82, 2.24) is 10.3 Å². The van der Waals surface area contributed by atoms with Crippen molar-refractivity contribution < 1.29 is 14.3 Å². The maximum Gasteiger partial charge on any atom is 0.300 e. The molecule has 2 rings (SSSR count). The van der Waals surface area contributed by atoms with Gasteiger partial charge in [0.1, 0.15) is 5.76 Å². The molecule has 19 heavy (non-hydrogen) atoms. The van der Waals surface area contributed by atoms with Crippen molar-refractivity contribution in [3.8, 4) is 0 Å². The molecule has 1 aromatic rings. The number of rotatable bonds is 6. The third-order valence-electron chi connectivity index (χ3n) is 3.57. The lowest BCUT2D eigenvalue weighted by Crippen LogP contribution is -2.30. The second kappa shape index (κ2) is 6.70. The lowest BCUT2D eigenvalue weighted by Gasteiger charge is -2.23. The fraction of sp³-hybridized carbons (Fsp3) is 0.615. The Morgan fingerprint density at radius 1 is 1.58 bits per heavy atom. The molecule has 0 radical (unpaired) electrons. The molecular formula is C13H21N3O3. The second-order valence-electron chi connectivity index (χ2n) is 4.87. The molecular weight excluding hydrogens is 246 g/mol. The van der Waals surface area contributed by atoms with Gasteiger partial charge in [-0.25, -0.2) is 5.84 Å². The maximum atomic E-state index is 11.3. The molecule has 0 aliphatic carbocycles. The predicted octanol–water partition coefficient (Wildman–Crippen LogP) is 0.620. The predicted molar refractivity (Wildman–Crippen MR) is 70.1 cm³/mol. The van der Waals surface area contributed by atoms with Crippen molar-refractivity contribution in [1.29, 1.82) is 0 Å². The summed E-state index contributed by atoms with van der Waals surface area (Å²) in [7, 11) is 0. The fourth-order valence-corrected chi connectivity index (χ4v) is 2.61. The molecule has 6 heteroatoms. The number of hydrazine groups is 1. The number of hydrogen-bond acceptors (Lipinski definition) is 5. The van der Waals surface area contributed by atoms with Gasteiger partial charge in [-0.2, -0.15) is 0 Å². The minimum Gasteiger partial charge on any atom is -0.455 e. The number of nitrogens with zero attached hydrogens (tertiary/aromatic N) is 1. The molecule has 106 valence electrons. The van der Waals surface area contributed by atoms with Crippen LogP contribution in [0.3, 0.4) is 0 Å². The third-order valence-corrected chi connectivity index (χ3v) is 3.57. The van der Waals surface area contributed by atoms with Crippen molar-refractivity contribution in [2.45, 2.75) is 38.3 Å². The van der Waals surface area contributed by atoms with E-state index in [0.29, 0.717) is 12.6 Å². The van der Waals surface area contributed by atoms with Crippen LogP contribution in [-0.2, 0) is 6.54 Å². The van der Waals surface area contributed by atoms with Gasteiger partial charge in [0, 0.05) is 12.6 Å². The van der Waals surface area contributed by atoms with Gasteiger partial charge in [-0.3, -0.25) is 15.1 Å². The number of nitrogen functional groups attached to an aromatic ring is 1. The summed E-state index contributed by atoms with van der Waals surface area (Å²) in [5.41, 5.74) is 2.05. The average molecular weight is 267 g/mol. The van der Waals surface area contributed by atoms with Crippen LogP contribution in [0.5, 0.6) is 0 Å². The van der Waals surface area contributed by atoms with Gasteiger partial charge >= 0.3 is 5.91 Å². The Morgan fingerprint density at radius 3 is 3.16 bits per heavy atom. The first-order valence-corrected chi connectivity index (χ1v) is 6.69. The maximum absolute atomic E-state index is 11.3. The number of furan rings is 1.